The minimum absolute atomic E-state index is 0.257. The molecular weight excluding hydrogens is 260 g/mol. The summed E-state index contributed by atoms with van der Waals surface area (Å²) in [6, 6.07) is 3.78. The van der Waals surface area contributed by atoms with E-state index in [1.54, 1.807) is 0 Å². The Morgan fingerprint density at radius 3 is 2.21 bits per heavy atom. The summed E-state index contributed by atoms with van der Waals surface area (Å²) >= 11 is 6.34. The molecule has 104 valence electrons. The highest BCUT2D eigenvalue weighted by Gasteiger charge is 2.17. The fourth-order valence-corrected chi connectivity index (χ4v) is 2.32. The molecule has 1 aromatic rings. The predicted molar refractivity (Wildman–Crippen MR) is 80.3 cm³/mol. The van der Waals surface area contributed by atoms with Crippen LogP contribution in [0.4, 0.5) is 0 Å². The fraction of sp³-hybridized carbons (Fsp3) is 0.500. The molecule has 0 radical (unpaired) electrons. The largest absolute Gasteiger partial charge is 0.490 e. The van der Waals surface area contributed by atoms with Crippen LogP contribution in [0.15, 0.2) is 12.1 Å². The van der Waals surface area contributed by atoms with Crippen LogP contribution in [-0.2, 0) is 0 Å². The molecule has 0 aliphatic rings. The molecule has 0 N–H and O–H groups in total. The molecule has 3 heteroatoms. The van der Waals surface area contributed by atoms with Gasteiger partial charge in [-0.05, 0) is 37.8 Å². The lowest BCUT2D eigenvalue weighted by Gasteiger charge is -2.18. The van der Waals surface area contributed by atoms with Crippen molar-refractivity contribution in [1.29, 1.82) is 0 Å². The van der Waals surface area contributed by atoms with Crippen LogP contribution in [0.1, 0.15) is 45.1 Å². The predicted octanol–water partition coefficient (Wildman–Crippen LogP) is 4.65. The van der Waals surface area contributed by atoms with E-state index < -0.39 is 0 Å². The van der Waals surface area contributed by atoms with Crippen molar-refractivity contribution < 1.29 is 9.47 Å². The normalized spacial score (nSPS) is 11.7. The van der Waals surface area contributed by atoms with Gasteiger partial charge < -0.3 is 9.47 Å². The zero-order valence-corrected chi connectivity index (χ0v) is 12.6. The first-order chi connectivity index (χ1) is 9.17. The van der Waals surface area contributed by atoms with Crippen molar-refractivity contribution in [1.82, 2.24) is 0 Å². The Bertz CT molecular complexity index is 449. The minimum Gasteiger partial charge on any atom is -0.490 e. The molecule has 0 aliphatic heterocycles. The molecule has 0 amide bonds. The van der Waals surface area contributed by atoms with E-state index >= 15 is 0 Å². The molecule has 1 aromatic carbocycles. The first-order valence-corrected chi connectivity index (χ1v) is 7.08. The second-order valence-electron chi connectivity index (χ2n) is 4.20. The average molecular weight is 281 g/mol. The highest BCUT2D eigenvalue weighted by Crippen LogP contribution is 2.38. The van der Waals surface area contributed by atoms with Gasteiger partial charge in [0.15, 0.2) is 11.5 Å². The number of halogens is 1. The highest BCUT2D eigenvalue weighted by atomic mass is 35.5. The number of hydrogen-bond donors (Lipinski definition) is 0. The quantitative estimate of drug-likeness (QED) is 0.677. The molecule has 0 heterocycles. The molecule has 19 heavy (non-hydrogen) atoms. The lowest BCUT2D eigenvalue weighted by molar-refractivity contribution is 0.287. The summed E-state index contributed by atoms with van der Waals surface area (Å²) < 4.78 is 11.2. The third-order valence-corrected chi connectivity index (χ3v) is 3.29. The maximum Gasteiger partial charge on any atom is 0.162 e. The van der Waals surface area contributed by atoms with Gasteiger partial charge in [-0.15, -0.1) is 12.3 Å². The minimum atomic E-state index is 0.257. The molecule has 1 atom stereocenters. The van der Waals surface area contributed by atoms with Crippen molar-refractivity contribution in [3.8, 4) is 23.8 Å². The highest BCUT2D eigenvalue weighted by molar-refractivity contribution is 6.31. The van der Waals surface area contributed by atoms with Gasteiger partial charge in [-0.25, -0.2) is 0 Å². The smallest absolute Gasteiger partial charge is 0.162 e. The number of ether oxygens (including phenoxy) is 2. The van der Waals surface area contributed by atoms with E-state index in [0.717, 1.165) is 17.7 Å². The van der Waals surface area contributed by atoms with Crippen LogP contribution in [0.5, 0.6) is 11.5 Å². The van der Waals surface area contributed by atoms with Crippen LogP contribution in [0.25, 0.3) is 0 Å². The van der Waals surface area contributed by atoms with Crippen molar-refractivity contribution in [3.05, 3.63) is 22.7 Å². The first-order valence-electron chi connectivity index (χ1n) is 6.70. The molecule has 0 aromatic heterocycles. The zero-order valence-electron chi connectivity index (χ0n) is 11.8. The Balaban J connectivity index is 3.18. The van der Waals surface area contributed by atoms with Gasteiger partial charge in [-0.2, -0.15) is 0 Å². The summed E-state index contributed by atoms with van der Waals surface area (Å²) in [5, 5.41) is 0.689. The lowest BCUT2D eigenvalue weighted by atomic mass is 9.93. The summed E-state index contributed by atoms with van der Waals surface area (Å²) in [4.78, 5) is 0. The second-order valence-corrected chi connectivity index (χ2v) is 4.61. The molecule has 0 bridgehead atoms. The second kappa shape index (κ2) is 7.96. The molecule has 1 rings (SSSR count). The van der Waals surface area contributed by atoms with Crippen molar-refractivity contribution in [2.45, 2.75) is 39.5 Å². The Morgan fingerprint density at radius 2 is 1.74 bits per heavy atom. The van der Waals surface area contributed by atoms with E-state index in [4.69, 9.17) is 27.5 Å². The molecule has 0 aliphatic carbocycles. The average Bonchev–Trinajstić information content (AvgIpc) is 2.40. The number of hydrogen-bond acceptors (Lipinski definition) is 2. The maximum absolute atomic E-state index is 6.34. The standard InChI is InChI=1S/C16H21ClO2/c1-5-9-12(6-2)13-10-15(18-7-3)16(19-8-4)11-14(13)17/h1,10-12H,6-9H2,2-4H3. The van der Waals surface area contributed by atoms with Crippen LogP contribution < -0.4 is 9.47 Å². The Hall–Kier alpha value is -1.33. The zero-order chi connectivity index (χ0) is 14.3. The van der Waals surface area contributed by atoms with Gasteiger partial charge in [0.1, 0.15) is 0 Å². The monoisotopic (exact) mass is 280 g/mol. The summed E-state index contributed by atoms with van der Waals surface area (Å²) in [5.41, 5.74) is 1.04. The van der Waals surface area contributed by atoms with Gasteiger partial charge in [0.2, 0.25) is 0 Å². The molecule has 1 unspecified atom stereocenters. The van der Waals surface area contributed by atoms with E-state index in [0.29, 0.717) is 30.4 Å². The van der Waals surface area contributed by atoms with Gasteiger partial charge in [0.25, 0.3) is 0 Å². The van der Waals surface area contributed by atoms with E-state index in [1.165, 1.54) is 0 Å². The van der Waals surface area contributed by atoms with Crippen molar-refractivity contribution >= 4 is 11.6 Å². The SMILES string of the molecule is C#CCC(CC)c1cc(OCC)c(OCC)cc1Cl. The molecule has 2 nitrogen and oxygen atoms in total. The Morgan fingerprint density at radius 1 is 1.16 bits per heavy atom. The van der Waals surface area contributed by atoms with Crippen LogP contribution in [-0.4, -0.2) is 13.2 Å². The van der Waals surface area contributed by atoms with Crippen LogP contribution in [0.2, 0.25) is 5.02 Å². The Kier molecular flexibility index (Phi) is 6.59. The molecule has 0 spiro atoms. The van der Waals surface area contributed by atoms with E-state index in [1.807, 2.05) is 26.0 Å². The summed E-state index contributed by atoms with van der Waals surface area (Å²) in [6.07, 6.45) is 7.04. The molecule has 0 saturated carbocycles. The third kappa shape index (κ3) is 4.08. The number of benzene rings is 1. The topological polar surface area (TPSA) is 18.5 Å². The van der Waals surface area contributed by atoms with Crippen LogP contribution in [0.3, 0.4) is 0 Å². The molecule has 0 fully saturated rings. The molecular formula is C16H21ClO2. The van der Waals surface area contributed by atoms with Crippen LogP contribution >= 0.6 is 11.6 Å². The van der Waals surface area contributed by atoms with Crippen molar-refractivity contribution in [2.24, 2.45) is 0 Å². The number of terminal acetylenes is 1. The first kappa shape index (κ1) is 15.7. The third-order valence-electron chi connectivity index (χ3n) is 2.96. The van der Waals surface area contributed by atoms with Gasteiger partial charge in [-0.3, -0.25) is 0 Å². The lowest BCUT2D eigenvalue weighted by Crippen LogP contribution is -2.03. The van der Waals surface area contributed by atoms with Crippen molar-refractivity contribution in [2.75, 3.05) is 13.2 Å². The van der Waals surface area contributed by atoms with Crippen LogP contribution in [0, 0.1) is 12.3 Å². The van der Waals surface area contributed by atoms with Gasteiger partial charge in [0, 0.05) is 17.5 Å². The summed E-state index contributed by atoms with van der Waals surface area (Å²) in [7, 11) is 0. The van der Waals surface area contributed by atoms with Crippen molar-refractivity contribution in [3.63, 3.8) is 0 Å². The van der Waals surface area contributed by atoms with Gasteiger partial charge in [0.05, 0.1) is 13.2 Å². The van der Waals surface area contributed by atoms with E-state index in [9.17, 15) is 0 Å². The van der Waals surface area contributed by atoms with E-state index in [-0.39, 0.29) is 5.92 Å². The fourth-order valence-electron chi connectivity index (χ4n) is 2.02. The summed E-state index contributed by atoms with van der Waals surface area (Å²) in [6.45, 7) is 7.16. The molecule has 0 saturated heterocycles. The number of rotatable bonds is 7. The van der Waals surface area contributed by atoms with Gasteiger partial charge in [-0.1, -0.05) is 18.5 Å². The Labute approximate surface area is 121 Å². The van der Waals surface area contributed by atoms with E-state index in [2.05, 4.69) is 12.8 Å². The maximum atomic E-state index is 6.34. The van der Waals surface area contributed by atoms with Gasteiger partial charge >= 0.3 is 0 Å². The summed E-state index contributed by atoms with van der Waals surface area (Å²) in [5.74, 6) is 4.39.